The Morgan fingerprint density at radius 2 is 1.55 bits per heavy atom. The largest absolute Gasteiger partial charge is 0.357 e. The van der Waals surface area contributed by atoms with E-state index in [0.717, 1.165) is 35.5 Å². The topological polar surface area (TPSA) is 61.4 Å². The number of urea groups is 1. The van der Waals surface area contributed by atoms with E-state index in [0.29, 0.717) is 17.7 Å². The Hall–Kier alpha value is -3.86. The fourth-order valence-electron chi connectivity index (χ4n) is 4.41. The summed E-state index contributed by atoms with van der Waals surface area (Å²) in [5, 5.41) is 6.49. The number of ketones is 1. The minimum Gasteiger partial charge on any atom is -0.357 e. The van der Waals surface area contributed by atoms with Gasteiger partial charge in [-0.05, 0) is 42.7 Å². The zero-order valence-corrected chi connectivity index (χ0v) is 17.0. The van der Waals surface area contributed by atoms with E-state index in [1.165, 1.54) is 0 Å². The third-order valence-corrected chi connectivity index (χ3v) is 5.80. The summed E-state index contributed by atoms with van der Waals surface area (Å²) in [5.74, 6) is 0.0907. The molecule has 2 aliphatic rings. The van der Waals surface area contributed by atoms with Crippen LogP contribution in [-0.4, -0.2) is 11.8 Å². The number of benzene rings is 3. The molecule has 0 radical (unpaired) electrons. The van der Waals surface area contributed by atoms with Crippen LogP contribution < -0.4 is 15.5 Å². The van der Waals surface area contributed by atoms with E-state index in [1.54, 1.807) is 4.90 Å². The van der Waals surface area contributed by atoms with Crippen molar-refractivity contribution in [2.75, 3.05) is 15.5 Å². The molecule has 1 aliphatic heterocycles. The molecule has 5 rings (SSSR count). The van der Waals surface area contributed by atoms with E-state index in [-0.39, 0.29) is 11.8 Å². The average molecular weight is 409 g/mol. The number of nitrogens with one attached hydrogen (secondary N) is 2. The summed E-state index contributed by atoms with van der Waals surface area (Å²) in [6.45, 7) is 0. The molecule has 3 aromatic carbocycles. The van der Waals surface area contributed by atoms with Crippen molar-refractivity contribution >= 4 is 28.9 Å². The highest BCUT2D eigenvalue weighted by Crippen LogP contribution is 2.44. The van der Waals surface area contributed by atoms with Gasteiger partial charge in [-0.1, -0.05) is 60.7 Å². The minimum atomic E-state index is -0.510. The minimum absolute atomic E-state index is 0.0907. The molecule has 0 saturated heterocycles. The maximum absolute atomic E-state index is 13.7. The average Bonchev–Trinajstić information content (AvgIpc) is 2.95. The van der Waals surface area contributed by atoms with E-state index in [9.17, 15) is 9.59 Å². The number of hydrogen-bond donors (Lipinski definition) is 2. The maximum atomic E-state index is 13.7. The van der Waals surface area contributed by atoms with Crippen LogP contribution in [0.15, 0.2) is 96.2 Å². The summed E-state index contributed by atoms with van der Waals surface area (Å²) in [4.78, 5) is 28.6. The van der Waals surface area contributed by atoms with E-state index >= 15 is 0 Å². The van der Waals surface area contributed by atoms with Crippen molar-refractivity contribution in [1.29, 1.82) is 0 Å². The molecule has 1 aliphatic carbocycles. The molecule has 0 spiro atoms. The van der Waals surface area contributed by atoms with Crippen LogP contribution in [0.25, 0.3) is 0 Å². The molecule has 31 heavy (non-hydrogen) atoms. The Balaban J connectivity index is 1.70. The standard InChI is InChI=1S/C26H23N3O2/c30-23-17-9-15-21-24(23)25(18-10-3-1-4-11-18)29(22-16-8-7-14-20(22)28-21)26(31)27-19-12-5-2-6-13-19/h1-8,10-14,16,25,28H,9,15,17H2,(H,27,31)/t25-/m1/s1. The molecule has 0 saturated carbocycles. The van der Waals surface area contributed by atoms with Crippen molar-refractivity contribution in [1.82, 2.24) is 0 Å². The Morgan fingerprint density at radius 3 is 2.32 bits per heavy atom. The normalized spacial score (nSPS) is 17.9. The Bertz CT molecular complexity index is 1160. The molecular formula is C26H23N3O2. The van der Waals surface area contributed by atoms with Gasteiger partial charge in [0, 0.05) is 23.4 Å². The van der Waals surface area contributed by atoms with Gasteiger partial charge < -0.3 is 10.6 Å². The molecule has 0 bridgehead atoms. The number of carbonyl (C=O) groups is 2. The summed E-state index contributed by atoms with van der Waals surface area (Å²) in [6, 6.07) is 26.1. The molecule has 3 aromatic rings. The number of hydrogen-bond acceptors (Lipinski definition) is 3. The summed E-state index contributed by atoms with van der Waals surface area (Å²) in [7, 11) is 0. The first-order valence-electron chi connectivity index (χ1n) is 10.5. The van der Waals surface area contributed by atoms with Gasteiger partial charge in [-0.15, -0.1) is 0 Å². The van der Waals surface area contributed by atoms with Crippen molar-refractivity contribution in [3.8, 4) is 0 Å². The van der Waals surface area contributed by atoms with Crippen LogP contribution >= 0.6 is 0 Å². The molecule has 1 atom stereocenters. The molecule has 5 nitrogen and oxygen atoms in total. The van der Waals surface area contributed by atoms with Gasteiger partial charge in [0.2, 0.25) is 0 Å². The van der Waals surface area contributed by atoms with Crippen LogP contribution in [0, 0.1) is 0 Å². The summed E-state index contributed by atoms with van der Waals surface area (Å²) < 4.78 is 0. The second kappa shape index (κ2) is 8.11. The van der Waals surface area contributed by atoms with Crippen LogP contribution in [0.4, 0.5) is 21.9 Å². The lowest BCUT2D eigenvalue weighted by Gasteiger charge is -2.33. The number of fused-ring (bicyclic) bond motifs is 1. The molecule has 0 fully saturated rings. The summed E-state index contributed by atoms with van der Waals surface area (Å²) >= 11 is 0. The molecule has 1 heterocycles. The third kappa shape index (κ3) is 3.59. The van der Waals surface area contributed by atoms with E-state index < -0.39 is 6.04 Å². The lowest BCUT2D eigenvalue weighted by molar-refractivity contribution is -0.116. The van der Waals surface area contributed by atoms with Gasteiger partial charge in [0.15, 0.2) is 5.78 Å². The number of nitrogens with zero attached hydrogens (tertiary/aromatic N) is 1. The second-order valence-corrected chi connectivity index (χ2v) is 7.79. The molecule has 2 N–H and O–H groups in total. The Kier molecular flexibility index (Phi) is 5.00. The van der Waals surface area contributed by atoms with Crippen LogP contribution in [0.3, 0.4) is 0 Å². The first-order valence-corrected chi connectivity index (χ1v) is 10.5. The monoisotopic (exact) mass is 409 g/mol. The van der Waals surface area contributed by atoms with Crippen molar-refractivity contribution < 1.29 is 9.59 Å². The number of carbonyl (C=O) groups excluding carboxylic acids is 2. The number of amides is 2. The fourth-order valence-corrected chi connectivity index (χ4v) is 4.41. The number of allylic oxidation sites excluding steroid dienone is 1. The first kappa shape index (κ1) is 19.1. The van der Waals surface area contributed by atoms with Gasteiger partial charge >= 0.3 is 6.03 Å². The van der Waals surface area contributed by atoms with Crippen molar-refractivity contribution in [3.63, 3.8) is 0 Å². The molecule has 0 unspecified atom stereocenters. The Morgan fingerprint density at radius 1 is 0.871 bits per heavy atom. The van der Waals surface area contributed by atoms with Gasteiger partial charge in [0.1, 0.15) is 0 Å². The van der Waals surface area contributed by atoms with E-state index in [2.05, 4.69) is 10.6 Å². The zero-order chi connectivity index (χ0) is 21.2. The van der Waals surface area contributed by atoms with Gasteiger partial charge in [-0.2, -0.15) is 0 Å². The van der Waals surface area contributed by atoms with Gasteiger partial charge in [0.25, 0.3) is 0 Å². The van der Waals surface area contributed by atoms with Crippen LogP contribution in [0.1, 0.15) is 30.9 Å². The van der Waals surface area contributed by atoms with Gasteiger partial charge in [0.05, 0.1) is 17.4 Å². The fraction of sp³-hybridized carbons (Fsp3) is 0.154. The van der Waals surface area contributed by atoms with Crippen LogP contribution in [0.5, 0.6) is 0 Å². The zero-order valence-electron chi connectivity index (χ0n) is 17.0. The highest BCUT2D eigenvalue weighted by Gasteiger charge is 2.39. The highest BCUT2D eigenvalue weighted by atomic mass is 16.2. The van der Waals surface area contributed by atoms with Crippen LogP contribution in [0.2, 0.25) is 0 Å². The summed E-state index contributed by atoms with van der Waals surface area (Å²) in [6.07, 6.45) is 2.09. The lowest BCUT2D eigenvalue weighted by Crippen LogP contribution is -2.40. The number of rotatable bonds is 2. The molecule has 154 valence electrons. The van der Waals surface area contributed by atoms with Crippen molar-refractivity contribution in [2.45, 2.75) is 25.3 Å². The molecule has 2 amide bonds. The maximum Gasteiger partial charge on any atom is 0.327 e. The molecule has 0 aromatic heterocycles. The predicted molar refractivity (Wildman–Crippen MR) is 123 cm³/mol. The predicted octanol–water partition coefficient (Wildman–Crippen LogP) is 5.90. The SMILES string of the molecule is O=C1CCCC2=C1[C@@H](c1ccccc1)N(C(=O)Nc1ccccc1)c1ccccc1N2. The summed E-state index contributed by atoms with van der Waals surface area (Å²) in [5.41, 5.74) is 4.77. The van der Waals surface area contributed by atoms with E-state index in [1.807, 2.05) is 84.9 Å². The molecule has 5 heteroatoms. The van der Waals surface area contributed by atoms with Crippen molar-refractivity contribution in [3.05, 3.63) is 102 Å². The van der Waals surface area contributed by atoms with Crippen LogP contribution in [-0.2, 0) is 4.79 Å². The van der Waals surface area contributed by atoms with Gasteiger partial charge in [-0.25, -0.2) is 4.79 Å². The number of Topliss-reactive ketones (excluding diaryl/α,β-unsaturated/α-hetero) is 1. The second-order valence-electron chi connectivity index (χ2n) is 7.79. The molecular weight excluding hydrogens is 386 g/mol. The van der Waals surface area contributed by atoms with Crippen molar-refractivity contribution in [2.24, 2.45) is 0 Å². The smallest absolute Gasteiger partial charge is 0.327 e. The number of para-hydroxylation sites is 3. The van der Waals surface area contributed by atoms with Gasteiger partial charge in [-0.3, -0.25) is 9.69 Å². The first-order chi connectivity index (χ1) is 15.2. The third-order valence-electron chi connectivity index (χ3n) is 5.80. The highest BCUT2D eigenvalue weighted by molar-refractivity contribution is 6.09. The lowest BCUT2D eigenvalue weighted by atomic mass is 9.86. The quantitative estimate of drug-likeness (QED) is 0.554. The Labute approximate surface area is 181 Å². The number of anilines is 3. The van der Waals surface area contributed by atoms with E-state index in [4.69, 9.17) is 0 Å².